The van der Waals surface area contributed by atoms with Gasteiger partial charge in [0.25, 0.3) is 0 Å². The molecule has 0 radical (unpaired) electrons. The Hall–Kier alpha value is -1.55. The number of nitrogens with one attached hydrogen (secondary N) is 1. The molecule has 1 N–H and O–H groups in total. The van der Waals surface area contributed by atoms with Crippen LogP contribution in [0.3, 0.4) is 0 Å². The molecule has 0 spiro atoms. The summed E-state index contributed by atoms with van der Waals surface area (Å²) >= 11 is 0. The highest BCUT2D eigenvalue weighted by atomic mass is 16.2. The van der Waals surface area contributed by atoms with Crippen LogP contribution in [0.25, 0.3) is 0 Å². The first-order valence-electron chi connectivity index (χ1n) is 6.97. The van der Waals surface area contributed by atoms with Crippen LogP contribution in [0.5, 0.6) is 0 Å². The molecule has 2 heterocycles. The molecule has 4 heteroatoms. The molecule has 0 aliphatic carbocycles. The van der Waals surface area contributed by atoms with Crippen LogP contribution in [0.4, 0.5) is 5.69 Å². The van der Waals surface area contributed by atoms with Crippen molar-refractivity contribution in [2.75, 3.05) is 37.6 Å². The minimum absolute atomic E-state index is 0.260. The maximum atomic E-state index is 12.2. The van der Waals surface area contributed by atoms with E-state index in [1.807, 2.05) is 4.90 Å². The SMILES string of the molecule is Cc1ccc(N2CC(=O)N3CCNCC3C2)cc1C. The highest BCUT2D eigenvalue weighted by Gasteiger charge is 2.33. The van der Waals surface area contributed by atoms with Crippen LogP contribution in [0.15, 0.2) is 18.2 Å². The first-order valence-corrected chi connectivity index (χ1v) is 6.97. The van der Waals surface area contributed by atoms with Gasteiger partial charge in [0, 0.05) is 31.9 Å². The van der Waals surface area contributed by atoms with Crippen LogP contribution >= 0.6 is 0 Å². The second-order valence-corrected chi connectivity index (χ2v) is 5.59. The predicted octanol–water partition coefficient (Wildman–Crippen LogP) is 0.924. The number of hydrogen-bond donors (Lipinski definition) is 1. The summed E-state index contributed by atoms with van der Waals surface area (Å²) in [5.74, 6) is 0.260. The van der Waals surface area contributed by atoms with Crippen molar-refractivity contribution < 1.29 is 4.79 Å². The minimum atomic E-state index is 0.260. The Morgan fingerprint density at radius 1 is 1.26 bits per heavy atom. The predicted molar refractivity (Wildman–Crippen MR) is 76.5 cm³/mol. The normalized spacial score (nSPS) is 23.5. The number of fused-ring (bicyclic) bond motifs is 1. The zero-order valence-electron chi connectivity index (χ0n) is 11.6. The van der Waals surface area contributed by atoms with E-state index in [-0.39, 0.29) is 5.91 Å². The lowest BCUT2D eigenvalue weighted by Crippen LogP contribution is -2.63. The maximum absolute atomic E-state index is 12.2. The molecule has 1 atom stereocenters. The van der Waals surface area contributed by atoms with Gasteiger partial charge in [-0.05, 0) is 37.1 Å². The molecule has 0 saturated carbocycles. The van der Waals surface area contributed by atoms with Gasteiger partial charge in [-0.25, -0.2) is 0 Å². The fourth-order valence-electron chi connectivity index (χ4n) is 2.94. The average Bonchev–Trinajstić information content (AvgIpc) is 2.42. The van der Waals surface area contributed by atoms with Crippen molar-refractivity contribution in [3.05, 3.63) is 29.3 Å². The second-order valence-electron chi connectivity index (χ2n) is 5.59. The van der Waals surface area contributed by atoms with Crippen LogP contribution in [-0.2, 0) is 4.79 Å². The Bertz CT molecular complexity index is 500. The third kappa shape index (κ3) is 2.32. The maximum Gasteiger partial charge on any atom is 0.242 e. The molecule has 0 aromatic heterocycles. The number of carbonyl (C=O) groups excluding carboxylic acids is 1. The van der Waals surface area contributed by atoms with Gasteiger partial charge in [0.1, 0.15) is 0 Å². The molecule has 0 bridgehead atoms. The number of nitrogens with zero attached hydrogens (tertiary/aromatic N) is 2. The van der Waals surface area contributed by atoms with Gasteiger partial charge in [0.2, 0.25) is 5.91 Å². The summed E-state index contributed by atoms with van der Waals surface area (Å²) in [6.07, 6.45) is 0. The molecule has 2 fully saturated rings. The van der Waals surface area contributed by atoms with Crippen LogP contribution < -0.4 is 10.2 Å². The van der Waals surface area contributed by atoms with E-state index in [1.165, 1.54) is 16.8 Å². The van der Waals surface area contributed by atoms with Crippen molar-refractivity contribution in [3.63, 3.8) is 0 Å². The molecule has 1 unspecified atom stereocenters. The first-order chi connectivity index (χ1) is 9.15. The quantitative estimate of drug-likeness (QED) is 0.815. The molecule has 19 heavy (non-hydrogen) atoms. The Labute approximate surface area is 114 Å². The topological polar surface area (TPSA) is 35.6 Å². The molecule has 2 aliphatic heterocycles. The van der Waals surface area contributed by atoms with Crippen molar-refractivity contribution in [1.29, 1.82) is 0 Å². The second kappa shape index (κ2) is 4.85. The number of aryl methyl sites for hydroxylation is 2. The summed E-state index contributed by atoms with van der Waals surface area (Å²) in [5, 5.41) is 3.38. The molecular formula is C15H21N3O. The monoisotopic (exact) mass is 259 g/mol. The van der Waals surface area contributed by atoms with Crippen LogP contribution in [0.1, 0.15) is 11.1 Å². The molecule has 1 amide bonds. The van der Waals surface area contributed by atoms with E-state index >= 15 is 0 Å². The summed E-state index contributed by atoms with van der Waals surface area (Å²) in [7, 11) is 0. The van der Waals surface area contributed by atoms with Gasteiger partial charge in [-0.3, -0.25) is 4.79 Å². The molecule has 1 aromatic rings. The summed E-state index contributed by atoms with van der Waals surface area (Å²) in [6, 6.07) is 6.77. The Kier molecular flexibility index (Phi) is 3.19. The van der Waals surface area contributed by atoms with Gasteiger partial charge in [-0.1, -0.05) is 6.07 Å². The highest BCUT2D eigenvalue weighted by Crippen LogP contribution is 2.23. The molecule has 1 aromatic carbocycles. The number of piperazine rings is 2. The number of rotatable bonds is 1. The minimum Gasteiger partial charge on any atom is -0.360 e. The van der Waals surface area contributed by atoms with Crippen molar-refractivity contribution in [1.82, 2.24) is 10.2 Å². The molecule has 2 saturated heterocycles. The number of hydrogen-bond acceptors (Lipinski definition) is 3. The summed E-state index contributed by atoms with van der Waals surface area (Å²) in [5.41, 5.74) is 3.75. The van der Waals surface area contributed by atoms with Crippen molar-refractivity contribution in [3.8, 4) is 0 Å². The van der Waals surface area contributed by atoms with Gasteiger partial charge in [0.05, 0.1) is 12.6 Å². The molecule has 4 nitrogen and oxygen atoms in total. The molecule has 3 rings (SSSR count). The molecule has 102 valence electrons. The van der Waals surface area contributed by atoms with E-state index in [0.717, 1.165) is 26.2 Å². The third-order valence-corrected chi connectivity index (χ3v) is 4.28. The number of carbonyl (C=O) groups is 1. The van der Waals surface area contributed by atoms with Gasteiger partial charge in [0.15, 0.2) is 0 Å². The van der Waals surface area contributed by atoms with Crippen molar-refractivity contribution >= 4 is 11.6 Å². The fourth-order valence-corrected chi connectivity index (χ4v) is 2.94. The Morgan fingerprint density at radius 3 is 2.89 bits per heavy atom. The van der Waals surface area contributed by atoms with Crippen LogP contribution in [0.2, 0.25) is 0 Å². The number of benzene rings is 1. The summed E-state index contributed by atoms with van der Waals surface area (Å²) in [6.45, 7) is 8.37. The largest absolute Gasteiger partial charge is 0.360 e. The van der Waals surface area contributed by atoms with E-state index in [1.54, 1.807) is 0 Å². The van der Waals surface area contributed by atoms with E-state index in [2.05, 4.69) is 42.3 Å². The molecular weight excluding hydrogens is 238 g/mol. The number of amides is 1. The highest BCUT2D eigenvalue weighted by molar-refractivity contribution is 5.83. The third-order valence-electron chi connectivity index (χ3n) is 4.28. The van der Waals surface area contributed by atoms with Gasteiger partial charge in [-0.15, -0.1) is 0 Å². The van der Waals surface area contributed by atoms with E-state index in [9.17, 15) is 4.79 Å². The standard InChI is InChI=1S/C15H21N3O/c1-11-3-4-13(7-12(11)2)17-9-14-8-16-5-6-18(14)15(19)10-17/h3-4,7,14,16H,5-6,8-10H2,1-2H3. The lowest BCUT2D eigenvalue weighted by Gasteiger charge is -2.44. The van der Waals surface area contributed by atoms with E-state index < -0.39 is 0 Å². The van der Waals surface area contributed by atoms with Gasteiger partial charge < -0.3 is 15.1 Å². The van der Waals surface area contributed by atoms with Crippen LogP contribution in [-0.4, -0.2) is 49.6 Å². The summed E-state index contributed by atoms with van der Waals surface area (Å²) < 4.78 is 0. The lowest BCUT2D eigenvalue weighted by atomic mass is 10.1. The van der Waals surface area contributed by atoms with Gasteiger partial charge in [-0.2, -0.15) is 0 Å². The van der Waals surface area contributed by atoms with Crippen LogP contribution in [0, 0.1) is 13.8 Å². The Balaban J connectivity index is 1.82. The van der Waals surface area contributed by atoms with Crippen molar-refractivity contribution in [2.24, 2.45) is 0 Å². The zero-order chi connectivity index (χ0) is 13.4. The van der Waals surface area contributed by atoms with E-state index in [4.69, 9.17) is 0 Å². The molecule has 2 aliphatic rings. The fraction of sp³-hybridized carbons (Fsp3) is 0.533. The zero-order valence-corrected chi connectivity index (χ0v) is 11.6. The van der Waals surface area contributed by atoms with Crippen molar-refractivity contribution in [2.45, 2.75) is 19.9 Å². The first kappa shape index (κ1) is 12.5. The van der Waals surface area contributed by atoms with Gasteiger partial charge >= 0.3 is 0 Å². The van der Waals surface area contributed by atoms with E-state index in [0.29, 0.717) is 12.6 Å². The number of anilines is 1. The summed E-state index contributed by atoms with van der Waals surface area (Å²) in [4.78, 5) is 16.5. The average molecular weight is 259 g/mol. The smallest absolute Gasteiger partial charge is 0.242 e. The lowest BCUT2D eigenvalue weighted by molar-refractivity contribution is -0.134. The Morgan fingerprint density at radius 2 is 2.11 bits per heavy atom.